The second-order valence-electron chi connectivity index (χ2n) is 6.38. The van der Waals surface area contributed by atoms with Gasteiger partial charge in [-0.25, -0.2) is 0 Å². The predicted octanol–water partition coefficient (Wildman–Crippen LogP) is 2.35. The summed E-state index contributed by atoms with van der Waals surface area (Å²) < 4.78 is 1.42. The Bertz CT molecular complexity index is 582. The lowest BCUT2D eigenvalue weighted by molar-refractivity contribution is -0.386. The van der Waals surface area contributed by atoms with E-state index in [1.807, 2.05) is 0 Å². The molecule has 7 heteroatoms. The first-order valence-electron chi connectivity index (χ1n) is 7.79. The monoisotopic (exact) mass is 308 g/mol. The number of carbonyl (C=O) groups excluding carboxylic acids is 1. The minimum atomic E-state index is -0.447. The van der Waals surface area contributed by atoms with Gasteiger partial charge in [0.2, 0.25) is 5.91 Å². The summed E-state index contributed by atoms with van der Waals surface area (Å²) in [4.78, 5) is 22.8. The molecule has 1 aliphatic rings. The number of nitrogens with one attached hydrogen (secondary N) is 1. The molecular weight excluding hydrogens is 284 g/mol. The van der Waals surface area contributed by atoms with E-state index in [0.29, 0.717) is 23.2 Å². The molecule has 1 N–H and O–H groups in total. The Morgan fingerprint density at radius 2 is 2.09 bits per heavy atom. The lowest BCUT2D eigenvalue weighted by atomic mass is 9.78. The van der Waals surface area contributed by atoms with Crippen molar-refractivity contribution in [1.29, 1.82) is 0 Å². The molecule has 0 saturated heterocycles. The molecule has 0 aromatic carbocycles. The van der Waals surface area contributed by atoms with Gasteiger partial charge in [0.1, 0.15) is 17.9 Å². The largest absolute Gasteiger partial charge is 0.351 e. The highest BCUT2D eigenvalue weighted by molar-refractivity contribution is 5.76. The van der Waals surface area contributed by atoms with Crippen LogP contribution < -0.4 is 5.32 Å². The SMILES string of the molecule is Cc1nn(CC(=O)NC2CCCC(C)C2C)c(C)c1[N+](=O)[O-]. The van der Waals surface area contributed by atoms with Gasteiger partial charge < -0.3 is 5.32 Å². The van der Waals surface area contributed by atoms with Crippen LogP contribution >= 0.6 is 0 Å². The van der Waals surface area contributed by atoms with Crippen LogP contribution in [0.4, 0.5) is 5.69 Å². The van der Waals surface area contributed by atoms with Crippen molar-refractivity contribution in [1.82, 2.24) is 15.1 Å². The van der Waals surface area contributed by atoms with E-state index in [2.05, 4.69) is 24.3 Å². The molecule has 0 radical (unpaired) electrons. The molecule has 22 heavy (non-hydrogen) atoms. The topological polar surface area (TPSA) is 90.1 Å². The van der Waals surface area contributed by atoms with Gasteiger partial charge in [-0.2, -0.15) is 5.10 Å². The van der Waals surface area contributed by atoms with Crippen LogP contribution in [0.5, 0.6) is 0 Å². The number of aromatic nitrogens is 2. The molecule has 0 spiro atoms. The highest BCUT2D eigenvalue weighted by atomic mass is 16.6. The Kier molecular flexibility index (Phi) is 4.83. The molecule has 1 aromatic rings. The first kappa shape index (κ1) is 16.5. The third kappa shape index (κ3) is 3.28. The van der Waals surface area contributed by atoms with E-state index in [-0.39, 0.29) is 24.2 Å². The number of amides is 1. The summed E-state index contributed by atoms with van der Waals surface area (Å²) >= 11 is 0. The Balaban J connectivity index is 2.03. The maximum absolute atomic E-state index is 12.2. The van der Waals surface area contributed by atoms with Crippen LogP contribution in [-0.2, 0) is 11.3 Å². The Morgan fingerprint density at radius 3 is 2.68 bits per heavy atom. The van der Waals surface area contributed by atoms with Crippen LogP contribution in [0, 0.1) is 35.8 Å². The van der Waals surface area contributed by atoms with E-state index in [1.165, 1.54) is 11.1 Å². The maximum atomic E-state index is 12.2. The zero-order valence-electron chi connectivity index (χ0n) is 13.6. The molecule has 1 amide bonds. The van der Waals surface area contributed by atoms with Crippen molar-refractivity contribution in [2.45, 2.75) is 59.5 Å². The highest BCUT2D eigenvalue weighted by Crippen LogP contribution is 2.29. The molecule has 1 heterocycles. The quantitative estimate of drug-likeness (QED) is 0.683. The fourth-order valence-electron chi connectivity index (χ4n) is 3.28. The zero-order chi connectivity index (χ0) is 16.4. The number of hydrogen-bond donors (Lipinski definition) is 1. The molecule has 3 atom stereocenters. The van der Waals surface area contributed by atoms with E-state index in [1.54, 1.807) is 13.8 Å². The fourth-order valence-corrected chi connectivity index (χ4v) is 3.28. The summed E-state index contributed by atoms with van der Waals surface area (Å²) in [6, 6.07) is 0.184. The number of carbonyl (C=O) groups is 1. The summed E-state index contributed by atoms with van der Waals surface area (Å²) in [6.45, 7) is 7.62. The second-order valence-corrected chi connectivity index (χ2v) is 6.38. The number of hydrogen-bond acceptors (Lipinski definition) is 4. The van der Waals surface area contributed by atoms with Crippen LogP contribution in [0.2, 0.25) is 0 Å². The van der Waals surface area contributed by atoms with Gasteiger partial charge in [0, 0.05) is 6.04 Å². The number of nitrogens with zero attached hydrogens (tertiary/aromatic N) is 3. The number of rotatable bonds is 4. The molecule has 122 valence electrons. The Labute approximate surface area is 130 Å². The van der Waals surface area contributed by atoms with Gasteiger partial charge >= 0.3 is 5.69 Å². The van der Waals surface area contributed by atoms with Crippen LogP contribution in [0.25, 0.3) is 0 Å². The van der Waals surface area contributed by atoms with E-state index < -0.39 is 4.92 Å². The molecule has 1 aliphatic carbocycles. The van der Waals surface area contributed by atoms with Gasteiger partial charge in [0.05, 0.1) is 4.92 Å². The van der Waals surface area contributed by atoms with Crippen molar-refractivity contribution in [3.05, 3.63) is 21.5 Å². The first-order valence-corrected chi connectivity index (χ1v) is 7.79. The summed E-state index contributed by atoms with van der Waals surface area (Å²) in [5, 5.41) is 18.2. The fraction of sp³-hybridized carbons (Fsp3) is 0.733. The summed E-state index contributed by atoms with van der Waals surface area (Å²) in [5.74, 6) is 0.924. The number of nitro groups is 1. The van der Waals surface area contributed by atoms with E-state index in [4.69, 9.17) is 0 Å². The van der Waals surface area contributed by atoms with Crippen molar-refractivity contribution < 1.29 is 9.72 Å². The van der Waals surface area contributed by atoms with Gasteiger partial charge in [-0.1, -0.05) is 26.7 Å². The lowest BCUT2D eigenvalue weighted by Gasteiger charge is -2.34. The lowest BCUT2D eigenvalue weighted by Crippen LogP contribution is -2.45. The van der Waals surface area contributed by atoms with E-state index in [9.17, 15) is 14.9 Å². The maximum Gasteiger partial charge on any atom is 0.312 e. The van der Waals surface area contributed by atoms with Crippen molar-refractivity contribution in [2.24, 2.45) is 11.8 Å². The highest BCUT2D eigenvalue weighted by Gasteiger charge is 2.29. The zero-order valence-corrected chi connectivity index (χ0v) is 13.6. The predicted molar refractivity (Wildman–Crippen MR) is 82.5 cm³/mol. The first-order chi connectivity index (χ1) is 10.3. The van der Waals surface area contributed by atoms with Gasteiger partial charge in [0.15, 0.2) is 0 Å². The molecule has 2 rings (SSSR count). The molecule has 0 aliphatic heterocycles. The van der Waals surface area contributed by atoms with Gasteiger partial charge in [-0.3, -0.25) is 19.6 Å². The molecule has 1 aromatic heterocycles. The van der Waals surface area contributed by atoms with Crippen LogP contribution in [0.1, 0.15) is 44.5 Å². The van der Waals surface area contributed by atoms with Gasteiger partial charge in [0.25, 0.3) is 0 Å². The minimum absolute atomic E-state index is 0.00698. The van der Waals surface area contributed by atoms with E-state index >= 15 is 0 Å². The molecule has 3 unspecified atom stereocenters. The van der Waals surface area contributed by atoms with Gasteiger partial charge in [-0.15, -0.1) is 0 Å². The minimum Gasteiger partial charge on any atom is -0.351 e. The summed E-state index contributed by atoms with van der Waals surface area (Å²) in [5.41, 5.74) is 0.755. The Hall–Kier alpha value is -1.92. The van der Waals surface area contributed by atoms with Crippen molar-refractivity contribution >= 4 is 11.6 Å². The third-order valence-corrected chi connectivity index (χ3v) is 4.87. The van der Waals surface area contributed by atoms with Crippen molar-refractivity contribution in [2.75, 3.05) is 0 Å². The normalized spacial score (nSPS) is 25.0. The Morgan fingerprint density at radius 1 is 1.41 bits per heavy atom. The van der Waals surface area contributed by atoms with Gasteiger partial charge in [-0.05, 0) is 32.1 Å². The van der Waals surface area contributed by atoms with Crippen LogP contribution in [-0.4, -0.2) is 26.7 Å². The standard InChI is InChI=1S/C15H24N4O3/c1-9-6-5-7-13(10(9)2)16-14(20)8-18-12(4)15(19(21)22)11(3)17-18/h9-10,13H,5-8H2,1-4H3,(H,16,20). The average Bonchev–Trinajstić information content (AvgIpc) is 2.69. The molecular formula is C15H24N4O3. The smallest absolute Gasteiger partial charge is 0.312 e. The summed E-state index contributed by atoms with van der Waals surface area (Å²) in [6.07, 6.45) is 3.33. The summed E-state index contributed by atoms with van der Waals surface area (Å²) in [7, 11) is 0. The molecule has 0 bridgehead atoms. The number of aryl methyl sites for hydroxylation is 1. The van der Waals surface area contributed by atoms with Crippen LogP contribution in [0.3, 0.4) is 0 Å². The molecule has 7 nitrogen and oxygen atoms in total. The van der Waals surface area contributed by atoms with Crippen LogP contribution in [0.15, 0.2) is 0 Å². The van der Waals surface area contributed by atoms with Crippen molar-refractivity contribution in [3.63, 3.8) is 0 Å². The second kappa shape index (κ2) is 6.46. The molecule has 1 saturated carbocycles. The van der Waals surface area contributed by atoms with E-state index in [0.717, 1.165) is 12.8 Å². The average molecular weight is 308 g/mol. The molecule has 1 fully saturated rings. The van der Waals surface area contributed by atoms with Crippen molar-refractivity contribution in [3.8, 4) is 0 Å². The third-order valence-electron chi connectivity index (χ3n) is 4.87.